The third-order valence-corrected chi connectivity index (χ3v) is 11.5. The summed E-state index contributed by atoms with van der Waals surface area (Å²) in [5.74, 6) is 2.09. The fourth-order valence-electron chi connectivity index (χ4n) is 7.83. The average molecular weight is 959 g/mol. The first kappa shape index (κ1) is 42.0. The molecule has 0 N–H and O–H groups in total. The molecule has 5 nitrogen and oxygen atoms in total. The molecule has 1 aliphatic heterocycles. The number of hydrogen-bond donors (Lipinski definition) is 0. The van der Waals surface area contributed by atoms with Gasteiger partial charge in [0.25, 0.3) is 0 Å². The number of anilines is 2. The maximum absolute atomic E-state index is 6.85. The Bertz CT molecular complexity index is 2650. The van der Waals surface area contributed by atoms with E-state index in [0.717, 1.165) is 44.6 Å². The number of allylic oxidation sites excluding steroid dienone is 1. The number of nitrogens with zero attached hydrogens (tertiary/aromatic N) is 4. The number of rotatable bonds is 7. The molecular weight excluding hydrogens is 904 g/mol. The van der Waals surface area contributed by atoms with Crippen LogP contribution in [-0.2, 0) is 37.3 Å². The summed E-state index contributed by atoms with van der Waals surface area (Å²) >= 11 is 0. The summed E-state index contributed by atoms with van der Waals surface area (Å²) in [7, 11) is 0. The van der Waals surface area contributed by atoms with Crippen LogP contribution in [0.5, 0.6) is 11.5 Å². The first-order valence-corrected chi connectivity index (χ1v) is 20.4. The molecule has 0 unspecified atom stereocenters. The quantitative estimate of drug-likeness (QED) is 0.149. The molecule has 0 fully saturated rings. The third kappa shape index (κ3) is 8.24. The topological polar surface area (TPSA) is 33.5 Å². The van der Waals surface area contributed by atoms with Gasteiger partial charge in [0.05, 0.1) is 0 Å². The smallest absolute Gasteiger partial charge is 0.135 e. The van der Waals surface area contributed by atoms with E-state index >= 15 is 0 Å². The zero-order chi connectivity index (χ0) is 41.2. The second-order valence-corrected chi connectivity index (χ2v) is 19.3. The van der Waals surface area contributed by atoms with Crippen LogP contribution in [0.25, 0.3) is 27.6 Å². The molecule has 2 aromatic heterocycles. The van der Waals surface area contributed by atoms with Gasteiger partial charge in [-0.2, -0.15) is 6.07 Å². The number of ether oxygens (including phenoxy) is 1. The van der Waals surface area contributed by atoms with Crippen molar-refractivity contribution in [3.05, 3.63) is 174 Å². The van der Waals surface area contributed by atoms with Crippen LogP contribution in [0.1, 0.15) is 98.4 Å². The Labute approximate surface area is 366 Å². The minimum Gasteiger partial charge on any atom is -0.509 e. The van der Waals surface area contributed by atoms with E-state index in [-0.39, 0.29) is 42.7 Å². The number of pyridine rings is 1. The first-order valence-electron chi connectivity index (χ1n) is 20.4. The Morgan fingerprint density at radius 1 is 0.576 bits per heavy atom. The molecule has 306 valence electrons. The van der Waals surface area contributed by atoms with Gasteiger partial charge >= 0.3 is 0 Å². The summed E-state index contributed by atoms with van der Waals surface area (Å²) in [6, 6.07) is 48.3. The molecule has 7 aromatic rings. The van der Waals surface area contributed by atoms with Crippen LogP contribution in [0.15, 0.2) is 133 Å². The van der Waals surface area contributed by atoms with Crippen LogP contribution in [0.2, 0.25) is 0 Å². The molecule has 0 aliphatic carbocycles. The van der Waals surface area contributed by atoms with Crippen LogP contribution in [0, 0.1) is 24.2 Å². The molecule has 8 rings (SSSR count). The first-order chi connectivity index (χ1) is 27.4. The van der Waals surface area contributed by atoms with Gasteiger partial charge in [-0.15, -0.1) is 53.6 Å². The molecule has 0 saturated carbocycles. The van der Waals surface area contributed by atoms with E-state index in [0.29, 0.717) is 11.5 Å². The van der Waals surface area contributed by atoms with Gasteiger partial charge in [-0.25, -0.2) is 4.98 Å². The Kier molecular flexibility index (Phi) is 11.0. The standard InChI is InChI=1S/C53H55N4O.Pt/c1-50(2,3)36-21-23-40(24-22-36)56-35-55(34-48(56)52(7,8)9)41-29-39(53(10,11)37-17-13-12-14-18-37)30-43(32-41)58-42-25-26-45-44-19-15-16-20-46(44)57(47(45)33-42)49-31-38(27-28-54-49)51(4,5)6;/h12-31,34-35H,1-11H3;/q-3;. The van der Waals surface area contributed by atoms with E-state index in [1.165, 1.54) is 22.4 Å². The van der Waals surface area contributed by atoms with Gasteiger partial charge in [0.2, 0.25) is 0 Å². The normalized spacial score (nSPS) is 13.8. The summed E-state index contributed by atoms with van der Waals surface area (Å²) in [5, 5.41) is 2.24. The minimum atomic E-state index is -0.328. The van der Waals surface area contributed by atoms with Crippen LogP contribution >= 0.6 is 0 Å². The van der Waals surface area contributed by atoms with Crippen LogP contribution in [0.4, 0.5) is 11.4 Å². The van der Waals surface area contributed by atoms with Crippen molar-refractivity contribution in [2.75, 3.05) is 9.80 Å². The van der Waals surface area contributed by atoms with Crippen molar-refractivity contribution in [2.24, 2.45) is 5.41 Å². The largest absolute Gasteiger partial charge is 0.509 e. The van der Waals surface area contributed by atoms with Gasteiger partial charge < -0.3 is 19.1 Å². The molecule has 1 aliphatic rings. The Morgan fingerprint density at radius 2 is 1.25 bits per heavy atom. The van der Waals surface area contributed by atoms with Crippen LogP contribution in [-0.4, -0.2) is 9.55 Å². The van der Waals surface area contributed by atoms with Gasteiger partial charge in [0.1, 0.15) is 5.82 Å². The number of benzene rings is 5. The van der Waals surface area contributed by atoms with E-state index < -0.39 is 0 Å². The minimum absolute atomic E-state index is 0. The Morgan fingerprint density at radius 3 is 1.93 bits per heavy atom. The zero-order valence-electron chi connectivity index (χ0n) is 36.2. The van der Waals surface area contributed by atoms with E-state index in [2.05, 4.69) is 225 Å². The van der Waals surface area contributed by atoms with E-state index in [1.54, 1.807) is 0 Å². The van der Waals surface area contributed by atoms with Crippen molar-refractivity contribution in [3.63, 3.8) is 0 Å². The zero-order valence-corrected chi connectivity index (χ0v) is 38.5. The summed E-state index contributed by atoms with van der Waals surface area (Å²) in [6.07, 6.45) is 4.15. The van der Waals surface area contributed by atoms with Crippen molar-refractivity contribution < 1.29 is 25.8 Å². The van der Waals surface area contributed by atoms with Crippen molar-refractivity contribution in [1.29, 1.82) is 0 Å². The van der Waals surface area contributed by atoms with E-state index in [9.17, 15) is 0 Å². The number of fused-ring (bicyclic) bond motifs is 3. The number of aromatic nitrogens is 2. The molecule has 0 bridgehead atoms. The van der Waals surface area contributed by atoms with Crippen LogP contribution in [0.3, 0.4) is 0 Å². The second kappa shape index (κ2) is 15.5. The fraction of sp³-hybridized carbons (Fsp3) is 0.283. The summed E-state index contributed by atoms with van der Waals surface area (Å²) in [5.41, 5.74) is 9.66. The molecule has 5 aromatic carbocycles. The summed E-state index contributed by atoms with van der Waals surface area (Å²) < 4.78 is 9.06. The molecule has 3 heterocycles. The molecule has 0 spiro atoms. The molecule has 6 heteroatoms. The van der Waals surface area contributed by atoms with E-state index in [1.807, 2.05) is 12.3 Å². The third-order valence-electron chi connectivity index (χ3n) is 11.5. The van der Waals surface area contributed by atoms with Crippen molar-refractivity contribution in [3.8, 4) is 17.3 Å². The van der Waals surface area contributed by atoms with Crippen molar-refractivity contribution >= 4 is 33.2 Å². The van der Waals surface area contributed by atoms with E-state index in [4.69, 9.17) is 9.72 Å². The molecule has 0 atom stereocenters. The fourth-order valence-corrected chi connectivity index (χ4v) is 7.83. The van der Waals surface area contributed by atoms with Gasteiger partial charge in [-0.3, -0.25) is 0 Å². The van der Waals surface area contributed by atoms with Gasteiger partial charge in [-0.05, 0) is 74.9 Å². The molecule has 0 radical (unpaired) electrons. The summed E-state index contributed by atoms with van der Waals surface area (Å²) in [4.78, 5) is 9.37. The average Bonchev–Trinajstić information content (AvgIpc) is 3.78. The monoisotopic (exact) mass is 958 g/mol. The SMILES string of the molecule is CC(C)(C)C1=CN(c2[c-]c(Oc3[c-]c4c(cc3)c3ccccc3n4-c3cc(C(C)(C)C)ccn3)cc(C(C)(C)c3ccccc3)c2)[CH-]N1c1ccc(C(C)(C)C)cc1.[Pt]. The Hall–Kier alpha value is -5.12. The maximum Gasteiger partial charge on any atom is 0.135 e. The molecular formula is C53H55N4OPt-3. The Balaban J connectivity index is 0.00000528. The maximum atomic E-state index is 6.85. The van der Waals surface area contributed by atoms with Gasteiger partial charge in [0, 0.05) is 61.1 Å². The molecule has 59 heavy (non-hydrogen) atoms. The number of hydrogen-bond acceptors (Lipinski definition) is 4. The van der Waals surface area contributed by atoms with Gasteiger partial charge in [0.15, 0.2) is 0 Å². The predicted octanol–water partition coefficient (Wildman–Crippen LogP) is 13.8. The number of para-hydroxylation sites is 1. The van der Waals surface area contributed by atoms with Gasteiger partial charge in [-0.1, -0.05) is 142 Å². The van der Waals surface area contributed by atoms with Crippen LogP contribution < -0.4 is 14.5 Å². The van der Waals surface area contributed by atoms with Crippen molar-refractivity contribution in [2.45, 2.75) is 92.4 Å². The second-order valence-electron chi connectivity index (χ2n) is 19.3. The summed E-state index contributed by atoms with van der Waals surface area (Å²) in [6.45, 7) is 27.0. The van der Waals surface area contributed by atoms with Crippen molar-refractivity contribution in [1.82, 2.24) is 9.55 Å². The molecule has 0 amide bonds. The molecule has 0 saturated heterocycles. The predicted molar refractivity (Wildman–Crippen MR) is 242 cm³/mol.